The van der Waals surface area contributed by atoms with Crippen molar-refractivity contribution in [1.82, 2.24) is 4.98 Å². The van der Waals surface area contributed by atoms with Gasteiger partial charge >= 0.3 is 5.97 Å². The minimum absolute atomic E-state index is 0.660. The third-order valence-electron chi connectivity index (χ3n) is 2.61. The lowest BCUT2D eigenvalue weighted by Crippen LogP contribution is -1.91. The first-order chi connectivity index (χ1) is 8.10. The first kappa shape index (κ1) is 11.7. The van der Waals surface area contributed by atoms with Crippen LogP contribution in [0.5, 0.6) is 0 Å². The molecule has 0 saturated heterocycles. The van der Waals surface area contributed by atoms with Crippen molar-refractivity contribution in [2.45, 2.75) is 13.3 Å². The van der Waals surface area contributed by atoms with Gasteiger partial charge in [-0.3, -0.25) is 0 Å². The van der Waals surface area contributed by atoms with Crippen LogP contribution in [0.25, 0.3) is 16.5 Å². The van der Waals surface area contributed by atoms with Crippen LogP contribution in [0, 0.1) is 0 Å². The fraction of sp³-hybridized carbons (Fsp3) is 0.154. The molecule has 0 spiro atoms. The van der Waals surface area contributed by atoms with E-state index in [0.29, 0.717) is 11.4 Å². The number of aliphatic carboxylic acids is 1. The first-order valence-corrected chi connectivity index (χ1v) is 5.70. The molecule has 0 aliphatic rings. The highest BCUT2D eigenvalue weighted by Crippen LogP contribution is 2.25. The number of carbonyl (C=O) groups is 1. The smallest absolute Gasteiger partial charge is 0.328 e. The number of rotatable bonds is 3. The highest BCUT2D eigenvalue weighted by molar-refractivity contribution is 6.31. The van der Waals surface area contributed by atoms with Crippen molar-refractivity contribution in [3.63, 3.8) is 0 Å². The lowest BCUT2D eigenvalue weighted by molar-refractivity contribution is -0.131. The summed E-state index contributed by atoms with van der Waals surface area (Å²) in [6, 6.07) is 7.45. The van der Waals surface area contributed by atoms with Gasteiger partial charge in [-0.25, -0.2) is 4.79 Å². The van der Waals surface area contributed by atoms with Gasteiger partial charge in [0.1, 0.15) is 0 Å². The fourth-order valence-corrected chi connectivity index (χ4v) is 1.98. The lowest BCUT2D eigenvalue weighted by Gasteiger charge is -1.98. The Kier molecular flexibility index (Phi) is 3.20. The molecule has 0 unspecified atom stereocenters. The van der Waals surface area contributed by atoms with Crippen LogP contribution in [0.3, 0.4) is 0 Å². The van der Waals surface area contributed by atoms with E-state index < -0.39 is 5.97 Å². The number of hydrogen-bond donors (Lipinski definition) is 2. The molecule has 0 aliphatic carbocycles. The monoisotopic (exact) mass is 249 g/mol. The second-order valence-electron chi connectivity index (χ2n) is 3.78. The van der Waals surface area contributed by atoms with E-state index in [9.17, 15) is 4.79 Å². The molecule has 3 nitrogen and oxygen atoms in total. The van der Waals surface area contributed by atoms with Gasteiger partial charge in [-0.1, -0.05) is 18.5 Å². The van der Waals surface area contributed by atoms with Gasteiger partial charge in [-0.2, -0.15) is 0 Å². The number of hydrogen-bond acceptors (Lipinski definition) is 1. The van der Waals surface area contributed by atoms with Gasteiger partial charge in [0.2, 0.25) is 0 Å². The summed E-state index contributed by atoms with van der Waals surface area (Å²) in [5, 5.41) is 10.4. The molecular formula is C13H12ClNO2. The van der Waals surface area contributed by atoms with E-state index in [0.717, 1.165) is 22.2 Å². The maximum absolute atomic E-state index is 10.7. The Morgan fingerprint density at radius 3 is 2.88 bits per heavy atom. The normalized spacial score (nSPS) is 12.0. The van der Waals surface area contributed by atoms with Gasteiger partial charge in [0.05, 0.1) is 0 Å². The zero-order chi connectivity index (χ0) is 12.4. The van der Waals surface area contributed by atoms with Crippen molar-refractivity contribution >= 4 is 34.0 Å². The van der Waals surface area contributed by atoms with Gasteiger partial charge in [0, 0.05) is 27.7 Å². The second-order valence-corrected chi connectivity index (χ2v) is 4.21. The van der Waals surface area contributed by atoms with Crippen molar-refractivity contribution in [2.24, 2.45) is 0 Å². The lowest BCUT2D eigenvalue weighted by atomic mass is 10.1. The maximum Gasteiger partial charge on any atom is 0.328 e. The Hall–Kier alpha value is -1.74. The third-order valence-corrected chi connectivity index (χ3v) is 2.84. The third kappa shape index (κ3) is 2.50. The van der Waals surface area contributed by atoms with E-state index in [2.05, 4.69) is 4.98 Å². The van der Waals surface area contributed by atoms with E-state index in [4.69, 9.17) is 16.7 Å². The highest BCUT2D eigenvalue weighted by Gasteiger charge is 2.06. The number of halogens is 1. The van der Waals surface area contributed by atoms with Gasteiger partial charge in [0.15, 0.2) is 0 Å². The number of fused-ring (bicyclic) bond motifs is 1. The summed E-state index contributed by atoms with van der Waals surface area (Å²) in [7, 11) is 0. The van der Waals surface area contributed by atoms with Gasteiger partial charge < -0.3 is 10.1 Å². The Bertz CT molecular complexity index is 598. The molecule has 0 fully saturated rings. The second kappa shape index (κ2) is 4.63. The molecule has 1 heterocycles. The number of nitrogens with one attached hydrogen (secondary N) is 1. The van der Waals surface area contributed by atoms with Gasteiger partial charge in [0.25, 0.3) is 0 Å². The number of allylic oxidation sites excluding steroid dienone is 1. The molecule has 2 N–H and O–H groups in total. The molecule has 0 aliphatic heterocycles. The van der Waals surface area contributed by atoms with Crippen molar-refractivity contribution in [3.8, 4) is 0 Å². The van der Waals surface area contributed by atoms with Crippen LogP contribution in [0.1, 0.15) is 19.0 Å². The van der Waals surface area contributed by atoms with Crippen LogP contribution >= 0.6 is 11.6 Å². The number of carboxylic acids is 1. The van der Waals surface area contributed by atoms with E-state index >= 15 is 0 Å². The molecule has 2 aromatic rings. The summed E-state index contributed by atoms with van der Waals surface area (Å²) in [5.41, 5.74) is 2.55. The molecule has 0 saturated carbocycles. The quantitative estimate of drug-likeness (QED) is 0.815. The molecule has 0 atom stereocenters. The minimum atomic E-state index is -0.932. The average Bonchev–Trinajstić information content (AvgIpc) is 2.68. The largest absolute Gasteiger partial charge is 0.478 e. The van der Waals surface area contributed by atoms with Gasteiger partial charge in [-0.05, 0) is 36.3 Å². The van der Waals surface area contributed by atoms with Crippen molar-refractivity contribution in [2.75, 3.05) is 0 Å². The molecule has 88 valence electrons. The summed E-state index contributed by atoms with van der Waals surface area (Å²) in [6.07, 6.45) is 1.89. The number of benzene rings is 1. The van der Waals surface area contributed by atoms with Crippen molar-refractivity contribution < 1.29 is 9.90 Å². The van der Waals surface area contributed by atoms with Gasteiger partial charge in [-0.15, -0.1) is 0 Å². The van der Waals surface area contributed by atoms with Crippen molar-refractivity contribution in [3.05, 3.63) is 41.1 Å². The van der Waals surface area contributed by atoms with E-state index in [1.54, 1.807) is 6.07 Å². The SMILES string of the molecule is CC/C(=C\C(=O)O)c1cc2cc(Cl)ccc2[nH]1. The fourth-order valence-electron chi connectivity index (χ4n) is 1.80. The summed E-state index contributed by atoms with van der Waals surface area (Å²) < 4.78 is 0. The Balaban J connectivity index is 2.52. The van der Waals surface area contributed by atoms with E-state index in [-0.39, 0.29) is 0 Å². The average molecular weight is 250 g/mol. The molecule has 1 aromatic heterocycles. The molecular weight excluding hydrogens is 238 g/mol. The predicted octanol–water partition coefficient (Wildman–Crippen LogP) is 3.70. The molecule has 0 radical (unpaired) electrons. The number of H-pyrrole nitrogens is 1. The summed E-state index contributed by atoms with van der Waals surface area (Å²) in [6.45, 7) is 1.92. The standard InChI is InChI=1S/C13H12ClNO2/c1-2-8(7-13(16)17)12-6-9-5-10(14)3-4-11(9)15-12/h3-7,15H,2H2,1H3,(H,16,17)/b8-7+. The Morgan fingerprint density at radius 1 is 1.47 bits per heavy atom. The summed E-state index contributed by atoms with van der Waals surface area (Å²) in [5.74, 6) is -0.932. The maximum atomic E-state index is 10.7. The minimum Gasteiger partial charge on any atom is -0.478 e. The predicted molar refractivity (Wildman–Crippen MR) is 69.2 cm³/mol. The topological polar surface area (TPSA) is 53.1 Å². The van der Waals surface area contributed by atoms with Crippen LogP contribution in [-0.4, -0.2) is 16.1 Å². The van der Waals surface area contributed by atoms with E-state index in [1.165, 1.54) is 6.08 Å². The highest BCUT2D eigenvalue weighted by atomic mass is 35.5. The number of aromatic amines is 1. The molecule has 0 bridgehead atoms. The van der Waals surface area contributed by atoms with Crippen molar-refractivity contribution in [1.29, 1.82) is 0 Å². The Morgan fingerprint density at radius 2 is 2.24 bits per heavy atom. The molecule has 17 heavy (non-hydrogen) atoms. The zero-order valence-corrected chi connectivity index (χ0v) is 10.1. The van der Waals surface area contributed by atoms with Crippen LogP contribution in [0.4, 0.5) is 0 Å². The Labute approximate surface area is 104 Å². The van der Waals surface area contributed by atoms with Crippen LogP contribution in [0.2, 0.25) is 5.02 Å². The zero-order valence-electron chi connectivity index (χ0n) is 9.33. The molecule has 4 heteroatoms. The summed E-state index contributed by atoms with van der Waals surface area (Å²) in [4.78, 5) is 13.9. The number of carboxylic acid groups (broad SMARTS) is 1. The molecule has 0 amide bonds. The first-order valence-electron chi connectivity index (χ1n) is 5.32. The van der Waals surface area contributed by atoms with Crippen LogP contribution in [0.15, 0.2) is 30.3 Å². The van der Waals surface area contributed by atoms with Crippen LogP contribution < -0.4 is 0 Å². The number of aromatic nitrogens is 1. The molecule has 2 rings (SSSR count). The summed E-state index contributed by atoms with van der Waals surface area (Å²) >= 11 is 5.90. The van der Waals surface area contributed by atoms with E-state index in [1.807, 2.05) is 25.1 Å². The molecule has 1 aromatic carbocycles. The van der Waals surface area contributed by atoms with Crippen LogP contribution in [-0.2, 0) is 4.79 Å².